The second-order valence-corrected chi connectivity index (χ2v) is 7.03. The Labute approximate surface area is 128 Å². The van der Waals surface area contributed by atoms with Gasteiger partial charge in [0.15, 0.2) is 0 Å². The highest BCUT2D eigenvalue weighted by Crippen LogP contribution is 2.40. The molecule has 1 aliphatic rings. The van der Waals surface area contributed by atoms with Crippen molar-refractivity contribution >= 4 is 0 Å². The van der Waals surface area contributed by atoms with Crippen molar-refractivity contribution in [1.82, 2.24) is 10.2 Å². The molecule has 0 amide bonds. The Bertz CT molecular complexity index is 458. The van der Waals surface area contributed by atoms with E-state index in [9.17, 15) is 4.39 Å². The molecule has 0 bridgehead atoms. The van der Waals surface area contributed by atoms with Gasteiger partial charge in [0.25, 0.3) is 0 Å². The summed E-state index contributed by atoms with van der Waals surface area (Å²) >= 11 is 0. The van der Waals surface area contributed by atoms with E-state index in [4.69, 9.17) is 0 Å². The first kappa shape index (κ1) is 16.4. The van der Waals surface area contributed by atoms with Gasteiger partial charge in [-0.15, -0.1) is 0 Å². The number of halogens is 1. The van der Waals surface area contributed by atoms with Gasteiger partial charge in [0.1, 0.15) is 5.82 Å². The predicted octanol–water partition coefficient (Wildman–Crippen LogP) is 3.81. The maximum absolute atomic E-state index is 13.8. The first-order valence-electron chi connectivity index (χ1n) is 8.12. The number of hydrogen-bond acceptors (Lipinski definition) is 2. The lowest BCUT2D eigenvalue weighted by atomic mass is 9.86. The van der Waals surface area contributed by atoms with Crippen LogP contribution in [0.25, 0.3) is 0 Å². The van der Waals surface area contributed by atoms with Gasteiger partial charge in [0.2, 0.25) is 0 Å². The highest BCUT2D eigenvalue weighted by atomic mass is 19.1. The SMILES string of the molecule is CCCNC1C(N(C)Cc2ccccc2F)CCC1(C)C. The minimum absolute atomic E-state index is 0.0975. The van der Waals surface area contributed by atoms with Crippen LogP contribution in [0.2, 0.25) is 0 Å². The summed E-state index contributed by atoms with van der Waals surface area (Å²) in [6.45, 7) is 8.62. The lowest BCUT2D eigenvalue weighted by Crippen LogP contribution is -2.50. The minimum Gasteiger partial charge on any atom is -0.312 e. The molecular weight excluding hydrogens is 263 g/mol. The standard InChI is InChI=1S/C18H29FN2/c1-5-12-20-17-16(10-11-18(17,2)3)21(4)13-14-8-6-7-9-15(14)19/h6-9,16-17,20H,5,10-13H2,1-4H3. The number of nitrogens with zero attached hydrogens (tertiary/aromatic N) is 1. The Morgan fingerprint density at radius 2 is 2.05 bits per heavy atom. The highest BCUT2D eigenvalue weighted by molar-refractivity contribution is 5.17. The number of nitrogens with one attached hydrogen (secondary N) is 1. The van der Waals surface area contributed by atoms with Crippen LogP contribution in [-0.4, -0.2) is 30.6 Å². The fourth-order valence-electron chi connectivity index (χ4n) is 3.56. The fourth-order valence-corrected chi connectivity index (χ4v) is 3.56. The smallest absolute Gasteiger partial charge is 0.127 e. The Kier molecular flexibility index (Phi) is 5.39. The third-order valence-electron chi connectivity index (χ3n) is 4.87. The molecule has 2 nitrogen and oxygen atoms in total. The number of benzene rings is 1. The van der Waals surface area contributed by atoms with E-state index in [0.717, 1.165) is 18.5 Å². The molecule has 1 fully saturated rings. The molecule has 0 heterocycles. The highest BCUT2D eigenvalue weighted by Gasteiger charge is 2.43. The van der Waals surface area contributed by atoms with E-state index in [0.29, 0.717) is 24.0 Å². The van der Waals surface area contributed by atoms with E-state index in [2.05, 4.69) is 38.0 Å². The molecule has 2 unspecified atom stereocenters. The summed E-state index contributed by atoms with van der Waals surface area (Å²) in [6.07, 6.45) is 3.55. The number of rotatable bonds is 6. The normalized spacial score (nSPS) is 24.7. The van der Waals surface area contributed by atoms with Crippen molar-refractivity contribution in [2.75, 3.05) is 13.6 Å². The van der Waals surface area contributed by atoms with Crippen molar-refractivity contribution in [2.45, 2.75) is 58.7 Å². The first-order valence-corrected chi connectivity index (χ1v) is 8.12. The van der Waals surface area contributed by atoms with E-state index in [1.54, 1.807) is 12.1 Å². The molecule has 1 N–H and O–H groups in total. The van der Waals surface area contributed by atoms with Crippen LogP contribution in [-0.2, 0) is 6.54 Å². The van der Waals surface area contributed by atoms with Gasteiger partial charge in [0.05, 0.1) is 0 Å². The Morgan fingerprint density at radius 1 is 1.33 bits per heavy atom. The van der Waals surface area contributed by atoms with Crippen molar-refractivity contribution in [2.24, 2.45) is 5.41 Å². The van der Waals surface area contributed by atoms with E-state index in [1.807, 2.05) is 12.1 Å². The summed E-state index contributed by atoms with van der Waals surface area (Å²) in [5.74, 6) is -0.0975. The summed E-state index contributed by atoms with van der Waals surface area (Å²) in [5.41, 5.74) is 1.10. The quantitative estimate of drug-likeness (QED) is 0.857. The van der Waals surface area contributed by atoms with Crippen molar-refractivity contribution in [1.29, 1.82) is 0 Å². The molecule has 2 rings (SSSR count). The van der Waals surface area contributed by atoms with Crippen LogP contribution in [0.4, 0.5) is 4.39 Å². The van der Waals surface area contributed by atoms with Gasteiger partial charge < -0.3 is 5.32 Å². The van der Waals surface area contributed by atoms with Gasteiger partial charge in [-0.1, -0.05) is 39.0 Å². The van der Waals surface area contributed by atoms with Gasteiger partial charge in [-0.25, -0.2) is 4.39 Å². The molecule has 2 atom stereocenters. The van der Waals surface area contributed by atoms with Crippen LogP contribution < -0.4 is 5.32 Å². The molecule has 118 valence electrons. The van der Waals surface area contributed by atoms with Gasteiger partial charge in [-0.2, -0.15) is 0 Å². The summed E-state index contributed by atoms with van der Waals surface area (Å²) < 4.78 is 13.8. The van der Waals surface area contributed by atoms with Crippen LogP contribution in [0.5, 0.6) is 0 Å². The Balaban J connectivity index is 2.07. The molecule has 1 aromatic rings. The van der Waals surface area contributed by atoms with Gasteiger partial charge in [-0.3, -0.25) is 4.90 Å². The molecule has 0 aromatic heterocycles. The van der Waals surface area contributed by atoms with E-state index in [-0.39, 0.29) is 5.82 Å². The third kappa shape index (κ3) is 3.83. The van der Waals surface area contributed by atoms with Gasteiger partial charge >= 0.3 is 0 Å². The van der Waals surface area contributed by atoms with Crippen molar-refractivity contribution in [3.05, 3.63) is 35.6 Å². The lowest BCUT2D eigenvalue weighted by molar-refractivity contribution is 0.164. The maximum Gasteiger partial charge on any atom is 0.127 e. The summed E-state index contributed by atoms with van der Waals surface area (Å²) in [7, 11) is 2.12. The van der Waals surface area contributed by atoms with Crippen LogP contribution in [0, 0.1) is 11.2 Å². The largest absolute Gasteiger partial charge is 0.312 e. The van der Waals surface area contributed by atoms with Gasteiger partial charge in [0, 0.05) is 24.2 Å². The zero-order valence-electron chi connectivity index (χ0n) is 13.8. The Morgan fingerprint density at radius 3 is 2.71 bits per heavy atom. The monoisotopic (exact) mass is 292 g/mol. The Hall–Kier alpha value is -0.930. The van der Waals surface area contributed by atoms with Crippen LogP contribution in [0.3, 0.4) is 0 Å². The molecule has 0 radical (unpaired) electrons. The second-order valence-electron chi connectivity index (χ2n) is 7.03. The molecule has 1 aromatic carbocycles. The predicted molar refractivity (Wildman–Crippen MR) is 86.8 cm³/mol. The van der Waals surface area contributed by atoms with Crippen LogP contribution >= 0.6 is 0 Å². The summed E-state index contributed by atoms with van der Waals surface area (Å²) in [6, 6.07) is 8.07. The molecule has 3 heteroatoms. The maximum atomic E-state index is 13.8. The molecule has 21 heavy (non-hydrogen) atoms. The molecule has 1 aliphatic carbocycles. The van der Waals surface area contributed by atoms with E-state index >= 15 is 0 Å². The zero-order valence-corrected chi connectivity index (χ0v) is 13.8. The van der Waals surface area contributed by atoms with Crippen molar-refractivity contribution in [3.63, 3.8) is 0 Å². The third-order valence-corrected chi connectivity index (χ3v) is 4.87. The van der Waals surface area contributed by atoms with Crippen LogP contribution in [0.15, 0.2) is 24.3 Å². The molecule has 1 saturated carbocycles. The fraction of sp³-hybridized carbons (Fsp3) is 0.667. The molecule has 0 spiro atoms. The minimum atomic E-state index is -0.0975. The number of likely N-dealkylation sites (N-methyl/N-ethyl adjacent to an activating group) is 1. The van der Waals surface area contributed by atoms with E-state index in [1.165, 1.54) is 12.8 Å². The molecular formula is C18H29FN2. The van der Waals surface area contributed by atoms with Crippen LogP contribution in [0.1, 0.15) is 45.6 Å². The molecule has 0 aliphatic heterocycles. The van der Waals surface area contributed by atoms with Gasteiger partial charge in [-0.05, 0) is 44.3 Å². The van der Waals surface area contributed by atoms with Crippen molar-refractivity contribution in [3.8, 4) is 0 Å². The topological polar surface area (TPSA) is 15.3 Å². The zero-order chi connectivity index (χ0) is 15.5. The average molecular weight is 292 g/mol. The first-order chi connectivity index (χ1) is 9.95. The summed E-state index contributed by atoms with van der Waals surface area (Å²) in [4.78, 5) is 2.32. The lowest BCUT2D eigenvalue weighted by Gasteiger charge is -2.36. The molecule has 0 saturated heterocycles. The van der Waals surface area contributed by atoms with Crippen molar-refractivity contribution < 1.29 is 4.39 Å². The second kappa shape index (κ2) is 6.89. The average Bonchev–Trinajstić information content (AvgIpc) is 2.74. The summed E-state index contributed by atoms with van der Waals surface area (Å²) in [5, 5.41) is 3.72. The van der Waals surface area contributed by atoms with E-state index < -0.39 is 0 Å². The number of hydrogen-bond donors (Lipinski definition) is 1.